The van der Waals surface area contributed by atoms with E-state index in [0.29, 0.717) is 6.42 Å². The number of para-hydroxylation sites is 1. The van der Waals surface area contributed by atoms with E-state index in [4.69, 9.17) is 0 Å². The summed E-state index contributed by atoms with van der Waals surface area (Å²) < 4.78 is 0. The first-order chi connectivity index (χ1) is 13.8. The monoisotopic (exact) mass is 442 g/mol. The average Bonchev–Trinajstić information content (AvgIpc) is 2.79. The quantitative estimate of drug-likeness (QED) is 0.464. The fraction of sp³-hybridized carbons (Fsp3) is 0.240. The highest BCUT2D eigenvalue weighted by Gasteiger charge is 2.18. The summed E-state index contributed by atoms with van der Waals surface area (Å²) in [6, 6.07) is 28.8. The maximum absolute atomic E-state index is 12.6. The van der Waals surface area contributed by atoms with Crippen LogP contribution < -0.4 is 4.90 Å². The van der Waals surface area contributed by atoms with Gasteiger partial charge in [-0.2, -0.15) is 0 Å². The van der Waals surface area contributed by atoms with E-state index >= 15 is 0 Å². The molecular formula is C25H28Cl2N2O. The predicted molar refractivity (Wildman–Crippen MR) is 130 cm³/mol. The third kappa shape index (κ3) is 6.09. The van der Waals surface area contributed by atoms with Gasteiger partial charge in [-0.15, -0.1) is 24.8 Å². The normalized spacial score (nSPS) is 13.8. The van der Waals surface area contributed by atoms with E-state index in [1.165, 1.54) is 11.3 Å². The van der Waals surface area contributed by atoms with Crippen LogP contribution in [-0.2, 0) is 0 Å². The zero-order chi connectivity index (χ0) is 19.2. The Morgan fingerprint density at radius 2 is 1.20 bits per heavy atom. The smallest absolute Gasteiger partial charge is 0.164 e. The molecular weight excluding hydrogens is 415 g/mol. The van der Waals surface area contributed by atoms with Crippen LogP contribution in [-0.4, -0.2) is 43.4 Å². The van der Waals surface area contributed by atoms with E-state index in [0.717, 1.165) is 43.9 Å². The molecule has 1 saturated heterocycles. The second-order valence-corrected chi connectivity index (χ2v) is 7.28. The van der Waals surface area contributed by atoms with Gasteiger partial charge in [0, 0.05) is 50.4 Å². The Morgan fingerprint density at radius 3 is 1.80 bits per heavy atom. The third-order valence-electron chi connectivity index (χ3n) is 5.46. The zero-order valence-corrected chi connectivity index (χ0v) is 18.6. The molecule has 5 heteroatoms. The van der Waals surface area contributed by atoms with Gasteiger partial charge in [-0.25, -0.2) is 0 Å². The van der Waals surface area contributed by atoms with E-state index in [1.807, 2.05) is 42.5 Å². The van der Waals surface area contributed by atoms with E-state index in [1.54, 1.807) is 0 Å². The lowest BCUT2D eigenvalue weighted by Crippen LogP contribution is -2.46. The number of rotatable bonds is 6. The van der Waals surface area contributed by atoms with Crippen molar-refractivity contribution in [3.8, 4) is 11.1 Å². The summed E-state index contributed by atoms with van der Waals surface area (Å²) in [6.07, 6.45) is 0.579. The number of hydrogen-bond acceptors (Lipinski definition) is 3. The van der Waals surface area contributed by atoms with Crippen molar-refractivity contribution < 1.29 is 4.79 Å². The lowest BCUT2D eigenvalue weighted by atomic mass is 10.0. The first kappa shape index (κ1) is 23.9. The minimum atomic E-state index is 0. The average molecular weight is 443 g/mol. The van der Waals surface area contributed by atoms with Gasteiger partial charge >= 0.3 is 0 Å². The number of nitrogens with zero attached hydrogens (tertiary/aromatic N) is 2. The van der Waals surface area contributed by atoms with Crippen molar-refractivity contribution in [3.63, 3.8) is 0 Å². The molecule has 158 valence electrons. The number of anilines is 1. The van der Waals surface area contributed by atoms with Gasteiger partial charge in [-0.1, -0.05) is 72.8 Å². The second-order valence-electron chi connectivity index (χ2n) is 7.28. The summed E-state index contributed by atoms with van der Waals surface area (Å²) in [7, 11) is 0. The Balaban J connectivity index is 0.00000160. The Hall–Kier alpha value is -2.33. The number of piperazine rings is 1. The first-order valence-electron chi connectivity index (χ1n) is 10.0. The van der Waals surface area contributed by atoms with Gasteiger partial charge in [0.1, 0.15) is 0 Å². The topological polar surface area (TPSA) is 23.6 Å². The van der Waals surface area contributed by atoms with Gasteiger partial charge < -0.3 is 4.90 Å². The Bertz CT molecular complexity index is 893. The van der Waals surface area contributed by atoms with Crippen molar-refractivity contribution in [2.45, 2.75) is 6.42 Å². The molecule has 1 fully saturated rings. The lowest BCUT2D eigenvalue weighted by molar-refractivity contribution is 0.0962. The van der Waals surface area contributed by atoms with Gasteiger partial charge in [0.15, 0.2) is 5.78 Å². The molecule has 3 aromatic rings. The highest BCUT2D eigenvalue weighted by molar-refractivity contribution is 5.96. The highest BCUT2D eigenvalue weighted by Crippen LogP contribution is 2.20. The Kier molecular flexibility index (Phi) is 9.38. The molecule has 0 spiro atoms. The van der Waals surface area contributed by atoms with Crippen molar-refractivity contribution in [2.75, 3.05) is 37.6 Å². The molecule has 3 nitrogen and oxygen atoms in total. The van der Waals surface area contributed by atoms with Crippen LogP contribution >= 0.6 is 24.8 Å². The van der Waals surface area contributed by atoms with Crippen LogP contribution in [0.1, 0.15) is 16.8 Å². The zero-order valence-electron chi connectivity index (χ0n) is 16.9. The molecule has 0 saturated carbocycles. The molecule has 1 aliphatic rings. The standard InChI is InChI=1S/C25H26N2O.2ClH/c28-25(23-13-11-22(12-14-23)21-7-3-1-4-8-21)15-16-26-17-19-27(20-18-26)24-9-5-2-6-10-24;;/h1-14H,15-20H2;2*1H. The van der Waals surface area contributed by atoms with Gasteiger partial charge in [-0.05, 0) is 23.3 Å². The molecule has 0 radical (unpaired) electrons. The summed E-state index contributed by atoms with van der Waals surface area (Å²) in [5, 5.41) is 0. The van der Waals surface area contributed by atoms with Crippen LogP contribution in [0.25, 0.3) is 11.1 Å². The Labute approximate surface area is 191 Å². The molecule has 0 amide bonds. The predicted octanol–water partition coefficient (Wildman–Crippen LogP) is 5.59. The van der Waals surface area contributed by atoms with Crippen molar-refractivity contribution >= 4 is 36.3 Å². The van der Waals surface area contributed by atoms with Gasteiger partial charge in [0.2, 0.25) is 0 Å². The molecule has 0 unspecified atom stereocenters. The van der Waals surface area contributed by atoms with Crippen LogP contribution in [0.5, 0.6) is 0 Å². The summed E-state index contributed by atoms with van der Waals surface area (Å²) in [5.41, 5.74) is 4.42. The number of carbonyl (C=O) groups excluding carboxylic acids is 1. The van der Waals surface area contributed by atoms with Crippen LogP contribution in [0.2, 0.25) is 0 Å². The summed E-state index contributed by atoms with van der Waals surface area (Å²) in [6.45, 7) is 4.89. The summed E-state index contributed by atoms with van der Waals surface area (Å²) in [4.78, 5) is 17.4. The number of ketones is 1. The van der Waals surface area contributed by atoms with Gasteiger partial charge in [-0.3, -0.25) is 9.69 Å². The lowest BCUT2D eigenvalue weighted by Gasteiger charge is -2.36. The Morgan fingerprint density at radius 1 is 0.667 bits per heavy atom. The molecule has 0 bridgehead atoms. The molecule has 1 heterocycles. The molecule has 0 atom stereocenters. The fourth-order valence-corrected chi connectivity index (χ4v) is 3.75. The van der Waals surface area contributed by atoms with Crippen molar-refractivity contribution in [3.05, 3.63) is 90.5 Å². The van der Waals surface area contributed by atoms with Gasteiger partial charge in [0.25, 0.3) is 0 Å². The number of benzene rings is 3. The molecule has 0 aliphatic carbocycles. The minimum absolute atomic E-state index is 0. The number of hydrogen-bond donors (Lipinski definition) is 0. The largest absolute Gasteiger partial charge is 0.369 e. The summed E-state index contributed by atoms with van der Waals surface area (Å²) in [5.74, 6) is 0.227. The molecule has 4 rings (SSSR count). The number of halogens is 2. The third-order valence-corrected chi connectivity index (χ3v) is 5.46. The number of carbonyl (C=O) groups is 1. The maximum atomic E-state index is 12.6. The van der Waals surface area contributed by atoms with Crippen LogP contribution in [0.4, 0.5) is 5.69 Å². The number of Topliss-reactive ketones (excluding diaryl/α,β-unsaturated/α-hetero) is 1. The minimum Gasteiger partial charge on any atom is -0.369 e. The van der Waals surface area contributed by atoms with E-state index in [-0.39, 0.29) is 30.6 Å². The molecule has 30 heavy (non-hydrogen) atoms. The molecule has 0 N–H and O–H groups in total. The van der Waals surface area contributed by atoms with E-state index in [9.17, 15) is 4.79 Å². The second kappa shape index (κ2) is 11.8. The van der Waals surface area contributed by atoms with Gasteiger partial charge in [0.05, 0.1) is 0 Å². The van der Waals surface area contributed by atoms with Crippen LogP contribution in [0.15, 0.2) is 84.9 Å². The first-order valence-corrected chi connectivity index (χ1v) is 10.0. The molecule has 1 aliphatic heterocycles. The van der Waals surface area contributed by atoms with Crippen molar-refractivity contribution in [1.82, 2.24) is 4.90 Å². The fourth-order valence-electron chi connectivity index (χ4n) is 3.75. The molecule has 3 aromatic carbocycles. The van der Waals surface area contributed by atoms with Crippen LogP contribution in [0, 0.1) is 0 Å². The summed E-state index contributed by atoms with van der Waals surface area (Å²) >= 11 is 0. The van der Waals surface area contributed by atoms with Crippen molar-refractivity contribution in [1.29, 1.82) is 0 Å². The highest BCUT2D eigenvalue weighted by atomic mass is 35.5. The maximum Gasteiger partial charge on any atom is 0.164 e. The van der Waals surface area contributed by atoms with Crippen molar-refractivity contribution in [2.24, 2.45) is 0 Å². The van der Waals surface area contributed by atoms with E-state index < -0.39 is 0 Å². The van der Waals surface area contributed by atoms with E-state index in [2.05, 4.69) is 52.3 Å². The van der Waals surface area contributed by atoms with Crippen LogP contribution in [0.3, 0.4) is 0 Å². The SMILES string of the molecule is Cl.Cl.O=C(CCN1CCN(c2ccccc2)CC1)c1ccc(-c2ccccc2)cc1. The molecule has 0 aromatic heterocycles.